The lowest BCUT2D eigenvalue weighted by Gasteiger charge is -2.20. The van der Waals surface area contributed by atoms with Gasteiger partial charge in [0.15, 0.2) is 11.0 Å². The lowest BCUT2D eigenvalue weighted by Crippen LogP contribution is -2.33. The molecule has 0 bridgehead atoms. The molecule has 0 N–H and O–H groups in total. The molecule has 6 heteroatoms. The van der Waals surface area contributed by atoms with Crippen LogP contribution >= 0.6 is 11.8 Å². The van der Waals surface area contributed by atoms with Gasteiger partial charge in [-0.3, -0.25) is 9.36 Å². The molecule has 0 atom stereocenters. The molecule has 174 valence electrons. The third kappa shape index (κ3) is 6.05. The summed E-state index contributed by atoms with van der Waals surface area (Å²) >= 11 is 1.50. The number of carbonyl (C=O) groups is 1. The first-order valence-electron chi connectivity index (χ1n) is 11.9. The molecule has 2 aromatic carbocycles. The minimum Gasteiger partial charge on any atom is -0.342 e. The van der Waals surface area contributed by atoms with Gasteiger partial charge in [0.25, 0.3) is 0 Å². The molecule has 1 amide bonds. The molecule has 0 unspecified atom stereocenters. The molecule has 1 saturated heterocycles. The maximum Gasteiger partial charge on any atom is 0.233 e. The van der Waals surface area contributed by atoms with Crippen molar-refractivity contribution in [1.29, 1.82) is 0 Å². The molecule has 33 heavy (non-hydrogen) atoms. The van der Waals surface area contributed by atoms with Crippen molar-refractivity contribution in [1.82, 2.24) is 19.7 Å². The monoisotopic (exact) mass is 462 g/mol. The Kier molecular flexibility index (Phi) is 7.53. The number of carbonyl (C=O) groups excluding carboxylic acids is 1. The standard InChI is InChI=1S/C27H34N4OS/c1-27(2,3)23-15-13-22(14-16-23)25-28-29-26(31(25)19-21-11-7-6-8-12-21)33-20-24(32)30-17-9-4-5-10-18-30/h6-8,11-16H,4-5,9-10,17-20H2,1-3H3. The van der Waals surface area contributed by atoms with E-state index in [2.05, 4.69) is 71.9 Å². The van der Waals surface area contributed by atoms with Crippen LogP contribution in [0.3, 0.4) is 0 Å². The molecule has 0 radical (unpaired) electrons. The fourth-order valence-electron chi connectivity index (χ4n) is 4.17. The van der Waals surface area contributed by atoms with E-state index >= 15 is 0 Å². The number of hydrogen-bond acceptors (Lipinski definition) is 4. The zero-order chi connectivity index (χ0) is 23.3. The number of rotatable bonds is 6. The summed E-state index contributed by atoms with van der Waals surface area (Å²) in [6.07, 6.45) is 4.66. The molecule has 2 heterocycles. The first kappa shape index (κ1) is 23.6. The number of thioether (sulfide) groups is 1. The Morgan fingerprint density at radius 2 is 1.58 bits per heavy atom. The first-order chi connectivity index (χ1) is 15.9. The summed E-state index contributed by atoms with van der Waals surface area (Å²) in [6.45, 7) is 9.08. The molecule has 1 aromatic heterocycles. The molecule has 0 saturated carbocycles. The number of amides is 1. The Morgan fingerprint density at radius 3 is 2.21 bits per heavy atom. The van der Waals surface area contributed by atoms with Gasteiger partial charge in [0.05, 0.1) is 12.3 Å². The minimum atomic E-state index is 0.102. The average Bonchev–Trinajstić information content (AvgIpc) is 3.01. The highest BCUT2D eigenvalue weighted by atomic mass is 32.2. The van der Waals surface area contributed by atoms with Crippen LogP contribution < -0.4 is 0 Å². The smallest absolute Gasteiger partial charge is 0.233 e. The summed E-state index contributed by atoms with van der Waals surface area (Å²) in [5.74, 6) is 1.44. The van der Waals surface area contributed by atoms with Gasteiger partial charge in [-0.15, -0.1) is 10.2 Å². The van der Waals surface area contributed by atoms with Gasteiger partial charge < -0.3 is 4.90 Å². The average molecular weight is 463 g/mol. The van der Waals surface area contributed by atoms with Crippen molar-refractivity contribution >= 4 is 17.7 Å². The van der Waals surface area contributed by atoms with Crippen LogP contribution in [0.5, 0.6) is 0 Å². The van der Waals surface area contributed by atoms with Gasteiger partial charge in [-0.25, -0.2) is 0 Å². The third-order valence-electron chi connectivity index (χ3n) is 6.19. The van der Waals surface area contributed by atoms with Gasteiger partial charge in [0.2, 0.25) is 5.91 Å². The third-order valence-corrected chi connectivity index (χ3v) is 7.14. The van der Waals surface area contributed by atoms with Crippen LogP contribution in [-0.2, 0) is 16.8 Å². The quantitative estimate of drug-likeness (QED) is 0.435. The Hall–Kier alpha value is -2.60. The molecule has 0 spiro atoms. The van der Waals surface area contributed by atoms with Crippen molar-refractivity contribution in [2.24, 2.45) is 0 Å². The van der Waals surface area contributed by atoms with Gasteiger partial charge >= 0.3 is 0 Å². The predicted octanol–water partition coefficient (Wildman–Crippen LogP) is 5.79. The van der Waals surface area contributed by atoms with E-state index in [1.807, 2.05) is 23.1 Å². The van der Waals surface area contributed by atoms with E-state index in [-0.39, 0.29) is 11.3 Å². The van der Waals surface area contributed by atoms with E-state index in [1.54, 1.807) is 0 Å². The van der Waals surface area contributed by atoms with Crippen LogP contribution in [0.4, 0.5) is 0 Å². The van der Waals surface area contributed by atoms with Gasteiger partial charge in [-0.2, -0.15) is 0 Å². The summed E-state index contributed by atoms with van der Waals surface area (Å²) < 4.78 is 2.14. The van der Waals surface area contributed by atoms with Crippen LogP contribution in [0.15, 0.2) is 59.8 Å². The molecule has 4 rings (SSSR count). The van der Waals surface area contributed by atoms with Crippen LogP contribution in [0, 0.1) is 0 Å². The second kappa shape index (κ2) is 10.6. The zero-order valence-electron chi connectivity index (χ0n) is 20.0. The minimum absolute atomic E-state index is 0.102. The maximum absolute atomic E-state index is 12.8. The van der Waals surface area contributed by atoms with Crippen LogP contribution in [0.1, 0.15) is 57.6 Å². The molecule has 1 fully saturated rings. The Labute approximate surface area is 201 Å². The molecule has 1 aliphatic rings. The van der Waals surface area contributed by atoms with Crippen molar-refractivity contribution < 1.29 is 4.79 Å². The molecule has 3 aromatic rings. The summed E-state index contributed by atoms with van der Waals surface area (Å²) in [4.78, 5) is 14.9. The van der Waals surface area contributed by atoms with E-state index in [1.165, 1.54) is 35.7 Å². The summed E-state index contributed by atoms with van der Waals surface area (Å²) in [7, 11) is 0. The Balaban J connectivity index is 1.57. The molecule has 1 aliphatic heterocycles. The number of benzene rings is 2. The lowest BCUT2D eigenvalue weighted by atomic mass is 9.87. The van der Waals surface area contributed by atoms with Gasteiger partial charge in [-0.1, -0.05) is 100.0 Å². The first-order valence-corrected chi connectivity index (χ1v) is 12.9. The number of likely N-dealkylation sites (tertiary alicyclic amines) is 1. The van der Waals surface area contributed by atoms with E-state index in [9.17, 15) is 4.79 Å². The van der Waals surface area contributed by atoms with Gasteiger partial charge in [0.1, 0.15) is 0 Å². The highest BCUT2D eigenvalue weighted by Crippen LogP contribution is 2.28. The second-order valence-electron chi connectivity index (χ2n) is 9.79. The van der Waals surface area contributed by atoms with Gasteiger partial charge in [0, 0.05) is 18.7 Å². The summed E-state index contributed by atoms with van der Waals surface area (Å²) in [6, 6.07) is 19.0. The zero-order valence-corrected chi connectivity index (χ0v) is 20.8. The molecule has 0 aliphatic carbocycles. The van der Waals surface area contributed by atoms with Crippen LogP contribution in [0.2, 0.25) is 0 Å². The lowest BCUT2D eigenvalue weighted by molar-refractivity contribution is -0.128. The van der Waals surface area contributed by atoms with Crippen molar-refractivity contribution in [3.63, 3.8) is 0 Å². The Bertz CT molecular complexity index is 1050. The van der Waals surface area contributed by atoms with Crippen LogP contribution in [-0.4, -0.2) is 44.4 Å². The molecular formula is C27H34N4OS. The second-order valence-corrected chi connectivity index (χ2v) is 10.7. The fourth-order valence-corrected chi connectivity index (χ4v) is 5.02. The molecule has 5 nitrogen and oxygen atoms in total. The van der Waals surface area contributed by atoms with E-state index in [4.69, 9.17) is 0 Å². The fraction of sp³-hybridized carbons (Fsp3) is 0.444. The number of hydrogen-bond donors (Lipinski definition) is 0. The SMILES string of the molecule is CC(C)(C)c1ccc(-c2nnc(SCC(=O)N3CCCCCC3)n2Cc2ccccc2)cc1. The maximum atomic E-state index is 12.8. The van der Waals surface area contributed by atoms with Crippen molar-refractivity contribution in [3.8, 4) is 11.4 Å². The predicted molar refractivity (Wildman–Crippen MR) is 135 cm³/mol. The summed E-state index contributed by atoms with van der Waals surface area (Å²) in [5.41, 5.74) is 3.62. The van der Waals surface area contributed by atoms with Crippen molar-refractivity contribution in [3.05, 3.63) is 65.7 Å². The van der Waals surface area contributed by atoms with E-state index in [0.29, 0.717) is 12.3 Å². The highest BCUT2D eigenvalue weighted by Gasteiger charge is 2.20. The van der Waals surface area contributed by atoms with Crippen molar-refractivity contribution in [2.75, 3.05) is 18.8 Å². The van der Waals surface area contributed by atoms with Crippen LogP contribution in [0.25, 0.3) is 11.4 Å². The summed E-state index contributed by atoms with van der Waals surface area (Å²) in [5, 5.41) is 9.84. The Morgan fingerprint density at radius 1 is 0.909 bits per heavy atom. The number of nitrogens with zero attached hydrogens (tertiary/aromatic N) is 4. The van der Waals surface area contributed by atoms with E-state index in [0.717, 1.165) is 42.5 Å². The number of aromatic nitrogens is 3. The van der Waals surface area contributed by atoms with E-state index < -0.39 is 0 Å². The highest BCUT2D eigenvalue weighted by molar-refractivity contribution is 7.99. The topological polar surface area (TPSA) is 51.0 Å². The van der Waals surface area contributed by atoms with Gasteiger partial charge in [-0.05, 0) is 29.4 Å². The normalized spacial score (nSPS) is 14.8. The molecular weight excluding hydrogens is 428 g/mol. The largest absolute Gasteiger partial charge is 0.342 e. The van der Waals surface area contributed by atoms with Crippen molar-refractivity contribution in [2.45, 2.75) is 63.6 Å².